The number of non-ortho nitro benzene ring substituents is 1. The molecule has 1 unspecified atom stereocenters. The predicted octanol–water partition coefficient (Wildman–Crippen LogP) is -0.484. The summed E-state index contributed by atoms with van der Waals surface area (Å²) >= 11 is 0. The van der Waals surface area contributed by atoms with Crippen LogP contribution in [0.5, 0.6) is 5.75 Å². The summed E-state index contributed by atoms with van der Waals surface area (Å²) in [5, 5.41) is 29.6. The molecule has 2 heterocycles. The highest BCUT2D eigenvalue weighted by Gasteiger charge is 2.35. The Bertz CT molecular complexity index is 1060. The van der Waals surface area contributed by atoms with E-state index in [1.807, 2.05) is 0 Å². The molecular weight excluding hydrogens is 386 g/mol. The highest BCUT2D eigenvalue weighted by Crippen LogP contribution is 2.27. The molecule has 1 saturated heterocycles. The van der Waals surface area contributed by atoms with Gasteiger partial charge in [-0.1, -0.05) is 11.8 Å². The van der Waals surface area contributed by atoms with E-state index in [9.17, 15) is 24.8 Å². The Hall–Kier alpha value is -3.46. The number of rotatable bonds is 5. The van der Waals surface area contributed by atoms with E-state index in [1.165, 1.54) is 30.5 Å². The van der Waals surface area contributed by atoms with Crippen molar-refractivity contribution in [2.75, 3.05) is 13.2 Å². The van der Waals surface area contributed by atoms with Gasteiger partial charge in [0.25, 0.3) is 11.2 Å². The molecule has 0 radical (unpaired) electrons. The van der Waals surface area contributed by atoms with Gasteiger partial charge >= 0.3 is 5.69 Å². The van der Waals surface area contributed by atoms with Crippen LogP contribution in [0.3, 0.4) is 0 Å². The van der Waals surface area contributed by atoms with E-state index < -0.39 is 41.2 Å². The number of hydrogen-bond acceptors (Lipinski definition) is 8. The minimum Gasteiger partial charge on any atom is -0.481 e. The number of aromatic nitrogens is 2. The van der Waals surface area contributed by atoms with E-state index in [1.54, 1.807) is 0 Å². The first kappa shape index (κ1) is 20.3. The lowest BCUT2D eigenvalue weighted by atomic mass is 10.2. The van der Waals surface area contributed by atoms with E-state index in [0.717, 1.165) is 4.57 Å². The fraction of sp³-hybridized carbons (Fsp3) is 0.333. The summed E-state index contributed by atoms with van der Waals surface area (Å²) in [6.07, 6.45) is -1.30. The number of H-pyrrole nitrogens is 1. The van der Waals surface area contributed by atoms with Gasteiger partial charge in [0.2, 0.25) is 0 Å². The van der Waals surface area contributed by atoms with Crippen molar-refractivity contribution in [1.82, 2.24) is 9.55 Å². The second-order valence-corrected chi connectivity index (χ2v) is 6.17. The molecule has 0 spiro atoms. The van der Waals surface area contributed by atoms with Crippen molar-refractivity contribution in [3.05, 3.63) is 67.0 Å². The van der Waals surface area contributed by atoms with Gasteiger partial charge in [0, 0.05) is 24.8 Å². The molecule has 3 N–H and O–H groups in total. The Morgan fingerprint density at radius 1 is 1.34 bits per heavy atom. The van der Waals surface area contributed by atoms with Crippen LogP contribution >= 0.6 is 0 Å². The van der Waals surface area contributed by atoms with Gasteiger partial charge in [0.05, 0.1) is 17.6 Å². The van der Waals surface area contributed by atoms with Gasteiger partial charge in [0.15, 0.2) is 0 Å². The van der Waals surface area contributed by atoms with Crippen molar-refractivity contribution in [3.8, 4) is 17.6 Å². The third-order valence-corrected chi connectivity index (χ3v) is 4.24. The smallest absolute Gasteiger partial charge is 0.330 e. The highest BCUT2D eigenvalue weighted by molar-refractivity contribution is 5.36. The number of nitrogens with one attached hydrogen (secondary N) is 1. The fourth-order valence-electron chi connectivity index (χ4n) is 2.75. The number of aliphatic hydroxyl groups excluding tert-OH is 2. The normalized spacial score (nSPS) is 20.7. The summed E-state index contributed by atoms with van der Waals surface area (Å²) in [5.74, 6) is 5.58. The van der Waals surface area contributed by atoms with Gasteiger partial charge in [-0.3, -0.25) is 24.5 Å². The van der Waals surface area contributed by atoms with Crippen LogP contribution in [0.15, 0.2) is 40.1 Å². The van der Waals surface area contributed by atoms with Crippen LogP contribution in [-0.2, 0) is 4.74 Å². The molecular formula is C18H17N3O8. The molecule has 3 atom stereocenters. The lowest BCUT2D eigenvalue weighted by Crippen LogP contribution is -2.33. The zero-order valence-electron chi connectivity index (χ0n) is 15.0. The van der Waals surface area contributed by atoms with Crippen LogP contribution < -0.4 is 16.0 Å². The van der Waals surface area contributed by atoms with Crippen LogP contribution in [-0.4, -0.2) is 50.1 Å². The molecule has 0 saturated carbocycles. The summed E-state index contributed by atoms with van der Waals surface area (Å²) in [4.78, 5) is 36.2. The van der Waals surface area contributed by atoms with Gasteiger partial charge in [-0.25, -0.2) is 4.79 Å². The molecule has 0 amide bonds. The van der Waals surface area contributed by atoms with E-state index >= 15 is 0 Å². The molecule has 11 nitrogen and oxygen atoms in total. The first-order valence-corrected chi connectivity index (χ1v) is 8.55. The first-order chi connectivity index (χ1) is 13.9. The minimum absolute atomic E-state index is 0.0116. The van der Waals surface area contributed by atoms with Crippen molar-refractivity contribution >= 4 is 5.69 Å². The molecule has 11 heteroatoms. The van der Waals surface area contributed by atoms with Crippen molar-refractivity contribution in [1.29, 1.82) is 0 Å². The molecule has 3 rings (SSSR count). The monoisotopic (exact) mass is 403 g/mol. The van der Waals surface area contributed by atoms with Crippen LogP contribution in [0.25, 0.3) is 0 Å². The minimum atomic E-state index is -0.937. The second-order valence-electron chi connectivity index (χ2n) is 6.17. The molecule has 1 aliphatic heterocycles. The molecule has 1 fully saturated rings. The van der Waals surface area contributed by atoms with Crippen molar-refractivity contribution < 1.29 is 24.6 Å². The number of aromatic amines is 1. The first-order valence-electron chi connectivity index (χ1n) is 8.55. The summed E-state index contributed by atoms with van der Waals surface area (Å²) in [6, 6.07) is 5.43. The number of aliphatic hydroxyl groups is 2. The zero-order valence-corrected chi connectivity index (χ0v) is 15.0. The molecule has 1 aromatic carbocycles. The van der Waals surface area contributed by atoms with Gasteiger partial charge in [0.1, 0.15) is 30.3 Å². The Balaban J connectivity index is 1.71. The van der Waals surface area contributed by atoms with E-state index in [2.05, 4.69) is 16.8 Å². The maximum absolute atomic E-state index is 12.0. The number of hydrogen-bond donors (Lipinski definition) is 3. The Kier molecular flexibility index (Phi) is 6.08. The van der Waals surface area contributed by atoms with Gasteiger partial charge in [-0.15, -0.1) is 0 Å². The maximum Gasteiger partial charge on any atom is 0.330 e. The molecule has 1 aromatic heterocycles. The van der Waals surface area contributed by atoms with E-state index in [4.69, 9.17) is 14.6 Å². The quantitative estimate of drug-likeness (QED) is 0.343. The highest BCUT2D eigenvalue weighted by atomic mass is 16.6. The molecule has 0 bridgehead atoms. The maximum atomic E-state index is 12.0. The molecule has 0 aliphatic carbocycles. The van der Waals surface area contributed by atoms with Crippen LogP contribution in [0.4, 0.5) is 5.69 Å². The fourth-order valence-corrected chi connectivity index (χ4v) is 2.75. The number of nitrogens with zero attached hydrogens (tertiary/aromatic N) is 2. The predicted molar refractivity (Wildman–Crippen MR) is 98.4 cm³/mol. The summed E-state index contributed by atoms with van der Waals surface area (Å²) in [5.41, 5.74) is -1.49. The van der Waals surface area contributed by atoms with Crippen LogP contribution in [0.2, 0.25) is 0 Å². The van der Waals surface area contributed by atoms with Crippen molar-refractivity contribution in [2.24, 2.45) is 0 Å². The molecule has 152 valence electrons. The average Bonchev–Trinajstić information content (AvgIpc) is 3.07. The second kappa shape index (κ2) is 8.70. The van der Waals surface area contributed by atoms with Crippen LogP contribution in [0.1, 0.15) is 18.2 Å². The lowest BCUT2D eigenvalue weighted by molar-refractivity contribution is -0.384. The number of ether oxygens (including phenoxy) is 2. The summed E-state index contributed by atoms with van der Waals surface area (Å²) in [6.45, 7) is -0.496. The van der Waals surface area contributed by atoms with Crippen molar-refractivity contribution in [2.45, 2.75) is 24.9 Å². The van der Waals surface area contributed by atoms with E-state index in [-0.39, 0.29) is 24.3 Å². The SMILES string of the molecule is O=c1[nH]c(=O)n([C@@H]2CC(O)[C@H](CO)O2)cc1C#CCOc1ccc([N+](=O)[O-])cc1. The summed E-state index contributed by atoms with van der Waals surface area (Å²) < 4.78 is 11.8. The van der Waals surface area contributed by atoms with Crippen molar-refractivity contribution in [3.63, 3.8) is 0 Å². The standard InChI is InChI=1S/C18H17N3O8/c22-10-15-14(23)8-16(29-15)20-9-11(17(24)19-18(20)25)2-1-7-28-13-5-3-12(4-6-13)21(26)27/h3-6,9,14-16,22-23H,7-8,10H2,(H,19,24,25)/t14?,15-,16-/m0/s1. The van der Waals surface area contributed by atoms with Crippen LogP contribution in [0, 0.1) is 22.0 Å². The Labute approximate surface area is 163 Å². The molecule has 1 aliphatic rings. The Morgan fingerprint density at radius 3 is 2.69 bits per heavy atom. The number of nitro groups is 1. The third kappa shape index (κ3) is 4.69. The summed E-state index contributed by atoms with van der Waals surface area (Å²) in [7, 11) is 0. The Morgan fingerprint density at radius 2 is 2.07 bits per heavy atom. The molecule has 29 heavy (non-hydrogen) atoms. The largest absolute Gasteiger partial charge is 0.481 e. The average molecular weight is 403 g/mol. The van der Waals surface area contributed by atoms with Gasteiger partial charge < -0.3 is 19.7 Å². The zero-order chi connectivity index (χ0) is 21.0. The number of benzene rings is 1. The lowest BCUT2D eigenvalue weighted by Gasteiger charge is -2.14. The van der Waals surface area contributed by atoms with E-state index in [0.29, 0.717) is 5.75 Å². The van der Waals surface area contributed by atoms with Gasteiger partial charge in [-0.05, 0) is 12.1 Å². The molecule has 2 aromatic rings. The van der Waals surface area contributed by atoms with Gasteiger partial charge in [-0.2, -0.15) is 0 Å². The third-order valence-electron chi connectivity index (χ3n) is 4.24. The topological polar surface area (TPSA) is 157 Å². The number of nitro benzene ring substituents is 1.